The van der Waals surface area contributed by atoms with E-state index in [0.717, 1.165) is 28.1 Å². The smallest absolute Gasteiger partial charge is 0.255 e. The number of benzene rings is 2. The van der Waals surface area contributed by atoms with Gasteiger partial charge in [0.05, 0.1) is 22.9 Å². The van der Waals surface area contributed by atoms with E-state index < -0.39 is 0 Å². The molecule has 1 heterocycles. The van der Waals surface area contributed by atoms with Gasteiger partial charge in [-0.15, -0.1) is 0 Å². The van der Waals surface area contributed by atoms with Crippen LogP contribution in [0.2, 0.25) is 0 Å². The second-order valence-electron chi connectivity index (χ2n) is 6.64. The molecular formula is C22H24N2O3. The Labute approximate surface area is 159 Å². The molecule has 0 fully saturated rings. The fourth-order valence-corrected chi connectivity index (χ4v) is 3.06. The van der Waals surface area contributed by atoms with Crippen LogP contribution in [0.4, 0.5) is 0 Å². The van der Waals surface area contributed by atoms with Gasteiger partial charge < -0.3 is 14.6 Å². The van der Waals surface area contributed by atoms with Gasteiger partial charge in [0, 0.05) is 0 Å². The topological polar surface area (TPSA) is 64.4 Å². The van der Waals surface area contributed by atoms with Gasteiger partial charge >= 0.3 is 0 Å². The van der Waals surface area contributed by atoms with Crippen molar-refractivity contribution < 1.29 is 14.1 Å². The summed E-state index contributed by atoms with van der Waals surface area (Å²) in [4.78, 5) is 12.8. The number of nitrogens with zero attached hydrogens (tertiary/aromatic N) is 1. The minimum atomic E-state index is -0.167. The zero-order valence-electron chi connectivity index (χ0n) is 16.1. The number of rotatable bonds is 6. The number of hydrogen-bond donors (Lipinski definition) is 1. The standard InChI is InChI=1S/C22H24N2O3/c1-14-9-5-6-10-18(14)15(2)23-22(25)19-11-7-8-12-21(19)26-13-20-16(3)24-27-17(20)4/h5-12,15H,13H2,1-4H3,(H,23,25). The predicted octanol–water partition coefficient (Wildman–Crippen LogP) is 4.67. The molecule has 0 saturated carbocycles. The third-order valence-electron chi connectivity index (χ3n) is 4.69. The maximum Gasteiger partial charge on any atom is 0.255 e. The zero-order valence-corrected chi connectivity index (χ0v) is 16.1. The number of ether oxygens (including phenoxy) is 1. The van der Waals surface area contributed by atoms with E-state index >= 15 is 0 Å². The minimum Gasteiger partial charge on any atom is -0.488 e. The number of aryl methyl sites for hydroxylation is 3. The quantitative estimate of drug-likeness (QED) is 0.690. The van der Waals surface area contributed by atoms with Gasteiger partial charge in [0.1, 0.15) is 18.1 Å². The number of aromatic nitrogens is 1. The van der Waals surface area contributed by atoms with Gasteiger partial charge in [-0.1, -0.05) is 41.6 Å². The highest BCUT2D eigenvalue weighted by atomic mass is 16.5. The number of amides is 1. The molecular weight excluding hydrogens is 340 g/mol. The molecule has 0 aliphatic rings. The van der Waals surface area contributed by atoms with E-state index in [4.69, 9.17) is 9.26 Å². The summed E-state index contributed by atoms with van der Waals surface area (Å²) in [5.74, 6) is 1.09. The lowest BCUT2D eigenvalue weighted by Crippen LogP contribution is -2.27. The average Bonchev–Trinajstić information content (AvgIpc) is 2.98. The second-order valence-corrected chi connectivity index (χ2v) is 6.64. The third kappa shape index (κ3) is 4.19. The van der Waals surface area contributed by atoms with Gasteiger partial charge in [0.25, 0.3) is 5.91 Å². The van der Waals surface area contributed by atoms with Crippen molar-refractivity contribution in [1.29, 1.82) is 0 Å². The van der Waals surface area contributed by atoms with Crippen molar-refractivity contribution in [3.8, 4) is 5.75 Å². The molecule has 5 nitrogen and oxygen atoms in total. The van der Waals surface area contributed by atoms with Crippen LogP contribution >= 0.6 is 0 Å². The van der Waals surface area contributed by atoms with Crippen LogP contribution in [0.1, 0.15) is 51.5 Å². The van der Waals surface area contributed by atoms with Crippen LogP contribution in [-0.2, 0) is 6.61 Å². The molecule has 1 amide bonds. The first-order chi connectivity index (χ1) is 13.0. The van der Waals surface area contributed by atoms with Crippen molar-refractivity contribution in [3.05, 3.63) is 82.2 Å². The highest BCUT2D eigenvalue weighted by molar-refractivity contribution is 5.97. The van der Waals surface area contributed by atoms with E-state index in [1.807, 2.05) is 64.1 Å². The Balaban J connectivity index is 1.75. The van der Waals surface area contributed by atoms with Crippen LogP contribution in [0, 0.1) is 20.8 Å². The monoisotopic (exact) mass is 364 g/mol. The SMILES string of the molecule is Cc1ccccc1C(C)NC(=O)c1ccccc1OCc1c(C)noc1C. The fourth-order valence-electron chi connectivity index (χ4n) is 3.06. The maximum atomic E-state index is 12.8. The van der Waals surface area contributed by atoms with E-state index in [-0.39, 0.29) is 11.9 Å². The number of hydrogen-bond acceptors (Lipinski definition) is 4. The molecule has 1 aromatic heterocycles. The summed E-state index contributed by atoms with van der Waals surface area (Å²) in [6.45, 7) is 8.05. The second kappa shape index (κ2) is 8.08. The molecule has 3 rings (SSSR count). The van der Waals surface area contributed by atoms with E-state index in [1.54, 1.807) is 12.1 Å². The third-order valence-corrected chi connectivity index (χ3v) is 4.69. The summed E-state index contributed by atoms with van der Waals surface area (Å²) >= 11 is 0. The fraction of sp³-hybridized carbons (Fsp3) is 0.273. The van der Waals surface area contributed by atoms with Crippen molar-refractivity contribution in [2.24, 2.45) is 0 Å². The maximum absolute atomic E-state index is 12.8. The minimum absolute atomic E-state index is 0.102. The van der Waals surface area contributed by atoms with Gasteiger partial charge in [-0.3, -0.25) is 4.79 Å². The summed E-state index contributed by atoms with van der Waals surface area (Å²) in [7, 11) is 0. The van der Waals surface area contributed by atoms with Gasteiger partial charge in [-0.25, -0.2) is 0 Å². The van der Waals surface area contributed by atoms with E-state index in [0.29, 0.717) is 17.9 Å². The molecule has 0 spiro atoms. The van der Waals surface area contributed by atoms with Gasteiger partial charge in [-0.05, 0) is 51.0 Å². The van der Waals surface area contributed by atoms with Crippen LogP contribution < -0.4 is 10.1 Å². The zero-order chi connectivity index (χ0) is 19.4. The summed E-state index contributed by atoms with van der Waals surface area (Å²) in [5, 5.41) is 6.99. The van der Waals surface area contributed by atoms with E-state index in [2.05, 4.69) is 10.5 Å². The molecule has 140 valence electrons. The van der Waals surface area contributed by atoms with Gasteiger partial charge in [0.15, 0.2) is 0 Å². The van der Waals surface area contributed by atoms with Crippen molar-refractivity contribution in [1.82, 2.24) is 10.5 Å². The molecule has 0 bridgehead atoms. The van der Waals surface area contributed by atoms with Crippen LogP contribution in [-0.4, -0.2) is 11.1 Å². The van der Waals surface area contributed by atoms with E-state index in [1.165, 1.54) is 0 Å². The lowest BCUT2D eigenvalue weighted by molar-refractivity contribution is 0.0935. The molecule has 0 saturated heterocycles. The van der Waals surface area contributed by atoms with E-state index in [9.17, 15) is 4.79 Å². The first-order valence-corrected chi connectivity index (χ1v) is 8.97. The molecule has 1 atom stereocenters. The lowest BCUT2D eigenvalue weighted by Gasteiger charge is -2.18. The highest BCUT2D eigenvalue weighted by Crippen LogP contribution is 2.23. The predicted molar refractivity (Wildman–Crippen MR) is 104 cm³/mol. The van der Waals surface area contributed by atoms with Crippen LogP contribution in [0.3, 0.4) is 0 Å². The number of carbonyl (C=O) groups excluding carboxylic acids is 1. The molecule has 1 N–H and O–H groups in total. The molecule has 2 aromatic carbocycles. The Morgan fingerprint density at radius 3 is 2.52 bits per heavy atom. The van der Waals surface area contributed by atoms with Crippen molar-refractivity contribution in [2.45, 2.75) is 40.3 Å². The summed E-state index contributed by atoms with van der Waals surface area (Å²) in [6, 6.07) is 15.2. The van der Waals surface area contributed by atoms with Crippen LogP contribution in [0.5, 0.6) is 5.75 Å². The summed E-state index contributed by atoms with van der Waals surface area (Å²) in [6.07, 6.45) is 0. The average molecular weight is 364 g/mol. The normalized spacial score (nSPS) is 11.9. The Kier molecular flexibility index (Phi) is 5.60. The molecule has 1 unspecified atom stereocenters. The van der Waals surface area contributed by atoms with Gasteiger partial charge in [0.2, 0.25) is 0 Å². The Hall–Kier alpha value is -3.08. The van der Waals surface area contributed by atoms with Crippen LogP contribution in [0.25, 0.3) is 0 Å². The number of nitrogens with one attached hydrogen (secondary N) is 1. The number of para-hydroxylation sites is 1. The first-order valence-electron chi connectivity index (χ1n) is 8.97. The Morgan fingerprint density at radius 1 is 1.11 bits per heavy atom. The molecule has 5 heteroatoms. The summed E-state index contributed by atoms with van der Waals surface area (Å²) < 4.78 is 11.1. The Morgan fingerprint density at radius 2 is 1.81 bits per heavy atom. The largest absolute Gasteiger partial charge is 0.488 e. The number of carbonyl (C=O) groups is 1. The molecule has 3 aromatic rings. The Bertz CT molecular complexity index is 927. The summed E-state index contributed by atoms with van der Waals surface area (Å²) in [5.41, 5.74) is 4.44. The molecule has 27 heavy (non-hydrogen) atoms. The van der Waals surface area contributed by atoms with Crippen molar-refractivity contribution in [2.75, 3.05) is 0 Å². The lowest BCUT2D eigenvalue weighted by atomic mass is 10.0. The molecule has 0 aliphatic heterocycles. The first kappa shape index (κ1) is 18.7. The molecule has 0 aliphatic carbocycles. The molecule has 0 radical (unpaired) electrons. The van der Waals surface area contributed by atoms with Gasteiger partial charge in [-0.2, -0.15) is 0 Å². The van der Waals surface area contributed by atoms with Crippen LogP contribution in [0.15, 0.2) is 53.1 Å². The van der Waals surface area contributed by atoms with Crippen molar-refractivity contribution >= 4 is 5.91 Å². The highest BCUT2D eigenvalue weighted by Gasteiger charge is 2.17. The van der Waals surface area contributed by atoms with Crippen molar-refractivity contribution in [3.63, 3.8) is 0 Å².